The van der Waals surface area contributed by atoms with Gasteiger partial charge in [-0.25, -0.2) is 0 Å². The normalized spacial score (nSPS) is 11.8. The van der Waals surface area contributed by atoms with E-state index in [0.29, 0.717) is 0 Å². The summed E-state index contributed by atoms with van der Waals surface area (Å²) in [6, 6.07) is 18.7. The number of unbranched alkanes of at least 4 members (excludes halogenated alkanes) is 3. The molecule has 1 heterocycles. The maximum atomic E-state index is 13.8. The van der Waals surface area contributed by atoms with Gasteiger partial charge >= 0.3 is 230 Å². The molecule has 0 aliphatic rings. The van der Waals surface area contributed by atoms with Crippen LogP contribution in [0.1, 0.15) is 91.2 Å². The number of ether oxygens (including phenoxy) is 1. The summed E-state index contributed by atoms with van der Waals surface area (Å²) in [6.07, 6.45) is 7.09. The fraction of sp³-hybridized carbons (Fsp3) is 0.485. The molecule has 3 aromatic rings. The molecule has 0 amide bonds. The minimum atomic E-state index is -2.94. The van der Waals surface area contributed by atoms with Crippen molar-refractivity contribution >= 4 is 39.1 Å². The number of hydrogen-bond acceptors (Lipinski definition) is 2. The van der Waals surface area contributed by atoms with Gasteiger partial charge in [0.15, 0.2) is 0 Å². The van der Waals surface area contributed by atoms with Crippen LogP contribution in [0.25, 0.3) is 10.9 Å². The Morgan fingerprint density at radius 3 is 1.92 bits per heavy atom. The molecule has 0 saturated heterocycles. The third-order valence-electron chi connectivity index (χ3n) is 7.07. The Labute approximate surface area is 228 Å². The number of carbonyl (C=O) groups excluding carboxylic acids is 1. The van der Waals surface area contributed by atoms with Crippen molar-refractivity contribution in [2.45, 2.75) is 99.0 Å². The van der Waals surface area contributed by atoms with E-state index in [9.17, 15) is 4.79 Å². The average molecular weight is 606 g/mol. The molecule has 0 bridgehead atoms. The van der Waals surface area contributed by atoms with Crippen LogP contribution in [0.4, 0.5) is 4.79 Å². The van der Waals surface area contributed by atoms with Gasteiger partial charge in [0, 0.05) is 0 Å². The van der Waals surface area contributed by atoms with Crippen molar-refractivity contribution in [3.05, 3.63) is 65.7 Å². The zero-order valence-electron chi connectivity index (χ0n) is 23.8. The van der Waals surface area contributed by atoms with Gasteiger partial charge in [-0.2, -0.15) is 0 Å². The Hall–Kier alpha value is -2.19. The summed E-state index contributed by atoms with van der Waals surface area (Å²) in [4.78, 5) is 13.8. The van der Waals surface area contributed by atoms with Crippen molar-refractivity contribution in [3.8, 4) is 11.8 Å². The van der Waals surface area contributed by atoms with Gasteiger partial charge < -0.3 is 0 Å². The molecule has 0 radical (unpaired) electrons. The van der Waals surface area contributed by atoms with Crippen LogP contribution in [0.15, 0.2) is 54.6 Å². The van der Waals surface area contributed by atoms with E-state index in [2.05, 4.69) is 50.8 Å². The van der Waals surface area contributed by atoms with Gasteiger partial charge in [-0.3, -0.25) is 0 Å². The molecule has 1 aromatic heterocycles. The first kappa shape index (κ1) is 29.4. The molecular weight excluding hydrogens is 561 g/mol. The van der Waals surface area contributed by atoms with Crippen molar-refractivity contribution in [3.63, 3.8) is 0 Å². The monoisotopic (exact) mass is 607 g/mol. The van der Waals surface area contributed by atoms with Crippen LogP contribution in [-0.4, -0.2) is 34.6 Å². The van der Waals surface area contributed by atoms with Crippen LogP contribution < -0.4 is 3.71 Å². The van der Waals surface area contributed by atoms with Crippen molar-refractivity contribution < 1.29 is 9.53 Å². The van der Waals surface area contributed by atoms with Crippen molar-refractivity contribution in [1.82, 2.24) is 4.57 Å². The fourth-order valence-corrected chi connectivity index (χ4v) is 21.6. The van der Waals surface area contributed by atoms with Gasteiger partial charge in [-0.1, -0.05) is 0 Å². The molecule has 0 unspecified atom stereocenters. The van der Waals surface area contributed by atoms with Crippen LogP contribution in [0, 0.1) is 11.8 Å². The van der Waals surface area contributed by atoms with E-state index in [1.54, 1.807) is 0 Å². The standard InChI is InChI=1S/C21H18NO2.3C4H9.Sn/c1-21(2,3)24-20(23)22-14-13-18-15-17(11-12-19(18)22)10-9-16-7-5-4-6-8-16;3*1-3-4-2;/h4-8,11-13,15H,1-3H3;3*1,3-4H2,2H3;. The quantitative estimate of drug-likeness (QED) is 0.171. The summed E-state index contributed by atoms with van der Waals surface area (Å²) in [5.74, 6) is 6.61. The Morgan fingerprint density at radius 1 is 0.811 bits per heavy atom. The molecule has 3 rings (SSSR count). The molecule has 4 heteroatoms. The molecule has 198 valence electrons. The predicted octanol–water partition coefficient (Wildman–Crippen LogP) is 8.88. The molecule has 0 spiro atoms. The fourth-order valence-electron chi connectivity index (χ4n) is 5.16. The van der Waals surface area contributed by atoms with Crippen LogP contribution in [-0.2, 0) is 4.74 Å². The number of fused-ring (bicyclic) bond motifs is 1. The summed E-state index contributed by atoms with van der Waals surface area (Å²) in [5.41, 5.74) is 2.39. The first-order valence-electron chi connectivity index (χ1n) is 14.2. The Balaban J connectivity index is 2.20. The number of nitrogens with zero attached hydrogens (tertiary/aromatic N) is 1. The van der Waals surface area contributed by atoms with Gasteiger partial charge in [0.2, 0.25) is 0 Å². The maximum absolute atomic E-state index is 13.8. The van der Waals surface area contributed by atoms with Gasteiger partial charge in [0.05, 0.1) is 0 Å². The summed E-state index contributed by atoms with van der Waals surface area (Å²) >= 11 is -2.94. The van der Waals surface area contributed by atoms with Crippen LogP contribution in [0.2, 0.25) is 13.3 Å². The molecule has 0 fully saturated rings. The van der Waals surface area contributed by atoms with Gasteiger partial charge in [-0.15, -0.1) is 0 Å². The summed E-state index contributed by atoms with van der Waals surface area (Å²) < 4.78 is 13.2. The average Bonchev–Trinajstić information content (AvgIpc) is 3.26. The second kappa shape index (κ2) is 13.6. The molecule has 0 N–H and O–H groups in total. The van der Waals surface area contributed by atoms with Gasteiger partial charge in [-0.05, 0) is 0 Å². The molecule has 37 heavy (non-hydrogen) atoms. The Kier molecular flexibility index (Phi) is 10.8. The number of aromatic nitrogens is 1. The molecule has 0 aliphatic carbocycles. The van der Waals surface area contributed by atoms with E-state index in [1.807, 2.05) is 61.7 Å². The number of carbonyl (C=O) groups is 1. The second-order valence-corrected chi connectivity index (χ2v) is 24.4. The van der Waals surface area contributed by atoms with Crippen LogP contribution in [0.5, 0.6) is 0 Å². The van der Waals surface area contributed by atoms with Gasteiger partial charge in [0.1, 0.15) is 0 Å². The Bertz CT molecular complexity index is 1200. The third kappa shape index (κ3) is 7.90. The zero-order valence-corrected chi connectivity index (χ0v) is 26.7. The first-order valence-corrected chi connectivity index (χ1v) is 21.7. The van der Waals surface area contributed by atoms with Crippen molar-refractivity contribution in [2.75, 3.05) is 0 Å². The van der Waals surface area contributed by atoms with E-state index in [0.717, 1.165) is 22.0 Å². The summed E-state index contributed by atoms with van der Waals surface area (Å²) in [5, 5.41) is 1.10. The molecular formula is C33H45NO2Sn. The molecule has 3 nitrogen and oxygen atoms in total. The minimum absolute atomic E-state index is 0.230. The van der Waals surface area contributed by atoms with E-state index in [-0.39, 0.29) is 6.09 Å². The van der Waals surface area contributed by atoms with E-state index < -0.39 is 24.0 Å². The van der Waals surface area contributed by atoms with Crippen LogP contribution in [0.3, 0.4) is 0 Å². The molecule has 0 atom stereocenters. The van der Waals surface area contributed by atoms with Crippen molar-refractivity contribution in [2.24, 2.45) is 0 Å². The zero-order chi connectivity index (χ0) is 26.9. The first-order chi connectivity index (χ1) is 17.7. The predicted molar refractivity (Wildman–Crippen MR) is 161 cm³/mol. The van der Waals surface area contributed by atoms with E-state index in [4.69, 9.17) is 4.74 Å². The van der Waals surface area contributed by atoms with Crippen molar-refractivity contribution in [1.29, 1.82) is 0 Å². The topological polar surface area (TPSA) is 31.2 Å². The Morgan fingerprint density at radius 2 is 1.38 bits per heavy atom. The summed E-state index contributed by atoms with van der Waals surface area (Å²) in [7, 11) is 0. The molecule has 0 aliphatic heterocycles. The van der Waals surface area contributed by atoms with E-state index >= 15 is 0 Å². The summed E-state index contributed by atoms with van der Waals surface area (Å²) in [6.45, 7) is 12.7. The molecule has 2 aromatic carbocycles. The number of rotatable bonds is 10. The second-order valence-electron chi connectivity index (χ2n) is 11.3. The van der Waals surface area contributed by atoms with Crippen LogP contribution >= 0.6 is 0 Å². The molecule has 0 saturated carbocycles. The third-order valence-corrected chi connectivity index (χ3v) is 22.4. The number of hydrogen-bond donors (Lipinski definition) is 0. The number of benzene rings is 2. The SMILES string of the molecule is CCC[CH2][Sn]([CH2]CCC)([CH2]CCC)[c]1cc2cc(C#Cc3ccccc3)ccc2n1C(=O)OC(C)(C)C. The van der Waals surface area contributed by atoms with Gasteiger partial charge in [0.25, 0.3) is 0 Å². The van der Waals surface area contributed by atoms with E-state index in [1.165, 1.54) is 55.5 Å².